The van der Waals surface area contributed by atoms with Crippen molar-refractivity contribution in [1.82, 2.24) is 4.90 Å². The molecule has 0 unspecified atom stereocenters. The monoisotopic (exact) mass is 376 g/mol. The van der Waals surface area contributed by atoms with Crippen molar-refractivity contribution < 1.29 is 9.18 Å². The normalized spacial score (nSPS) is 25.8. The number of amides is 1. The fourth-order valence-electron chi connectivity index (χ4n) is 4.01. The number of carbonyl (C=O) groups excluding carboxylic acids is 1. The number of likely N-dealkylation sites (N-methyl/N-ethyl adjacent to an activating group) is 1. The predicted molar refractivity (Wildman–Crippen MR) is 104 cm³/mol. The minimum Gasteiger partial charge on any atom is -0.369 e. The number of hydrogen-bond donors (Lipinski definition) is 1. The van der Waals surface area contributed by atoms with Gasteiger partial charge in [-0.15, -0.1) is 0 Å². The minimum absolute atomic E-state index is 0.103. The van der Waals surface area contributed by atoms with E-state index in [-0.39, 0.29) is 17.3 Å². The van der Waals surface area contributed by atoms with E-state index in [1.54, 1.807) is 26.1 Å². The Bertz CT molecular complexity index is 1020. The zero-order chi connectivity index (χ0) is 20.1. The number of nitrogens with two attached hydrogens (primary N) is 1. The molecule has 1 fully saturated rings. The van der Waals surface area contributed by atoms with Gasteiger partial charge in [-0.3, -0.25) is 9.69 Å². The summed E-state index contributed by atoms with van der Waals surface area (Å²) in [5.41, 5.74) is 6.88. The van der Waals surface area contributed by atoms with Crippen LogP contribution >= 0.6 is 0 Å². The summed E-state index contributed by atoms with van der Waals surface area (Å²) in [5, 5.41) is 9.41. The molecule has 28 heavy (non-hydrogen) atoms. The lowest BCUT2D eigenvalue weighted by molar-refractivity contribution is -0.130. The fraction of sp³-hybridized carbons (Fsp3) is 0.318. The van der Waals surface area contributed by atoms with Gasteiger partial charge in [0.15, 0.2) is 5.96 Å². The van der Waals surface area contributed by atoms with Crippen LogP contribution in [0, 0.1) is 17.1 Å². The van der Waals surface area contributed by atoms with Crippen LogP contribution in [0.5, 0.6) is 0 Å². The summed E-state index contributed by atoms with van der Waals surface area (Å²) in [6.07, 6.45) is 1.71. The molecule has 0 aromatic heterocycles. The quantitative estimate of drug-likeness (QED) is 0.893. The van der Waals surface area contributed by atoms with E-state index in [9.17, 15) is 14.4 Å². The lowest BCUT2D eigenvalue weighted by atomic mass is 9.74. The third-order valence-corrected chi connectivity index (χ3v) is 6.00. The van der Waals surface area contributed by atoms with Gasteiger partial charge in [-0.25, -0.2) is 9.38 Å². The molecule has 142 valence electrons. The van der Waals surface area contributed by atoms with Crippen LogP contribution in [-0.2, 0) is 15.7 Å². The van der Waals surface area contributed by atoms with Gasteiger partial charge >= 0.3 is 0 Å². The van der Waals surface area contributed by atoms with Crippen molar-refractivity contribution in [2.75, 3.05) is 7.05 Å². The number of guanidine groups is 1. The van der Waals surface area contributed by atoms with E-state index in [0.717, 1.165) is 24.0 Å². The van der Waals surface area contributed by atoms with E-state index in [2.05, 4.69) is 11.1 Å². The average molecular weight is 376 g/mol. The number of nitrogens with zero attached hydrogens (tertiary/aromatic N) is 3. The van der Waals surface area contributed by atoms with Crippen LogP contribution in [0.4, 0.5) is 4.39 Å². The molecule has 1 amide bonds. The maximum atomic E-state index is 13.9. The number of halogens is 1. The van der Waals surface area contributed by atoms with Gasteiger partial charge in [-0.2, -0.15) is 5.26 Å². The highest BCUT2D eigenvalue weighted by molar-refractivity contribution is 6.02. The molecular weight excluding hydrogens is 355 g/mol. The van der Waals surface area contributed by atoms with Crippen molar-refractivity contribution in [2.45, 2.75) is 36.6 Å². The standard InChI is InChI=1S/C22H21FN4O/c1-21(16-4-3-5-17(23)12-16)18(19(28)27(2)20(25)26-21)14-6-8-15(9-7-14)22(13-24)10-11-22/h3-9,12,18H,10-11H2,1-2H3,(H2,25,26)/t18-,21+/m0/s1. The van der Waals surface area contributed by atoms with Crippen LogP contribution in [0.2, 0.25) is 0 Å². The minimum atomic E-state index is -1.04. The van der Waals surface area contributed by atoms with Gasteiger partial charge < -0.3 is 5.73 Å². The molecule has 0 radical (unpaired) electrons. The summed E-state index contributed by atoms with van der Waals surface area (Å²) < 4.78 is 13.9. The molecule has 2 atom stereocenters. The second-order valence-electron chi connectivity index (χ2n) is 7.77. The Morgan fingerprint density at radius 3 is 2.46 bits per heavy atom. The molecule has 1 aliphatic carbocycles. The molecule has 0 bridgehead atoms. The highest BCUT2D eigenvalue weighted by atomic mass is 19.1. The van der Waals surface area contributed by atoms with Gasteiger partial charge in [-0.1, -0.05) is 36.4 Å². The van der Waals surface area contributed by atoms with Crippen LogP contribution in [0.15, 0.2) is 53.5 Å². The molecule has 2 N–H and O–H groups in total. The molecule has 1 heterocycles. The van der Waals surface area contributed by atoms with Crippen LogP contribution < -0.4 is 5.73 Å². The van der Waals surface area contributed by atoms with Crippen molar-refractivity contribution in [1.29, 1.82) is 5.26 Å². The number of aliphatic imine (C=N–C) groups is 1. The Labute approximate surface area is 163 Å². The summed E-state index contributed by atoms with van der Waals surface area (Å²) in [4.78, 5) is 19.1. The van der Waals surface area contributed by atoms with Gasteiger partial charge in [-0.05, 0) is 48.6 Å². The van der Waals surface area contributed by atoms with Gasteiger partial charge in [0.25, 0.3) is 0 Å². The number of benzene rings is 2. The highest BCUT2D eigenvalue weighted by Gasteiger charge is 2.48. The summed E-state index contributed by atoms with van der Waals surface area (Å²) in [6, 6.07) is 16.1. The van der Waals surface area contributed by atoms with Gasteiger partial charge in [0.05, 0.1) is 17.4 Å². The Morgan fingerprint density at radius 2 is 1.89 bits per heavy atom. The van der Waals surface area contributed by atoms with Crippen LogP contribution in [0.25, 0.3) is 0 Å². The van der Waals surface area contributed by atoms with E-state index >= 15 is 0 Å². The van der Waals surface area contributed by atoms with E-state index in [1.165, 1.54) is 17.0 Å². The van der Waals surface area contributed by atoms with Crippen molar-refractivity contribution in [3.63, 3.8) is 0 Å². The summed E-state index contributed by atoms with van der Waals surface area (Å²) in [6.45, 7) is 1.80. The van der Waals surface area contributed by atoms with Crippen LogP contribution in [-0.4, -0.2) is 23.8 Å². The van der Waals surface area contributed by atoms with Gasteiger partial charge in [0.2, 0.25) is 5.91 Å². The molecule has 2 aromatic rings. The second kappa shape index (κ2) is 6.16. The van der Waals surface area contributed by atoms with Gasteiger partial charge in [0.1, 0.15) is 11.4 Å². The van der Waals surface area contributed by atoms with Gasteiger partial charge in [0, 0.05) is 7.05 Å². The first-order valence-electron chi connectivity index (χ1n) is 9.21. The molecule has 0 saturated heterocycles. The summed E-state index contributed by atoms with van der Waals surface area (Å²) in [7, 11) is 1.59. The first-order chi connectivity index (χ1) is 13.3. The molecule has 5 nitrogen and oxygen atoms in total. The van der Waals surface area contributed by atoms with Crippen LogP contribution in [0.1, 0.15) is 42.4 Å². The third kappa shape index (κ3) is 2.66. The lowest BCUT2D eigenvalue weighted by Gasteiger charge is -2.41. The number of carbonyl (C=O) groups is 1. The summed E-state index contributed by atoms with van der Waals surface area (Å²) >= 11 is 0. The highest BCUT2D eigenvalue weighted by Crippen LogP contribution is 2.49. The molecule has 6 heteroatoms. The molecule has 1 aliphatic heterocycles. The zero-order valence-electron chi connectivity index (χ0n) is 15.8. The Kier molecular flexibility index (Phi) is 4.00. The molecule has 2 aliphatic rings. The Hall–Kier alpha value is -3.20. The SMILES string of the molecule is CN1C(=O)[C@H](c2ccc(C3(C#N)CC3)cc2)[C@@](C)(c2cccc(F)c2)N=C1N. The topological polar surface area (TPSA) is 82.5 Å². The lowest BCUT2D eigenvalue weighted by Crippen LogP contribution is -2.52. The maximum Gasteiger partial charge on any atom is 0.239 e. The van der Waals surface area contributed by atoms with Crippen molar-refractivity contribution in [3.05, 3.63) is 71.0 Å². The number of nitriles is 1. The van der Waals surface area contributed by atoms with Crippen LogP contribution in [0.3, 0.4) is 0 Å². The molecular formula is C22H21FN4O. The van der Waals surface area contributed by atoms with E-state index in [4.69, 9.17) is 5.73 Å². The maximum absolute atomic E-state index is 13.9. The fourth-order valence-corrected chi connectivity index (χ4v) is 4.01. The van der Waals surface area contributed by atoms with E-state index < -0.39 is 17.3 Å². The molecule has 2 aromatic carbocycles. The first-order valence-corrected chi connectivity index (χ1v) is 9.21. The van der Waals surface area contributed by atoms with E-state index in [1.807, 2.05) is 24.3 Å². The largest absolute Gasteiger partial charge is 0.369 e. The second-order valence-corrected chi connectivity index (χ2v) is 7.77. The summed E-state index contributed by atoms with van der Waals surface area (Å²) in [5.74, 6) is -1.14. The van der Waals surface area contributed by atoms with Crippen molar-refractivity contribution >= 4 is 11.9 Å². The smallest absolute Gasteiger partial charge is 0.239 e. The zero-order valence-corrected chi connectivity index (χ0v) is 15.8. The van der Waals surface area contributed by atoms with E-state index in [0.29, 0.717) is 5.56 Å². The number of hydrogen-bond acceptors (Lipinski definition) is 4. The first kappa shape index (κ1) is 18.2. The average Bonchev–Trinajstić information content (AvgIpc) is 3.48. The number of rotatable bonds is 3. The van der Waals surface area contributed by atoms with Crippen molar-refractivity contribution in [3.8, 4) is 6.07 Å². The Morgan fingerprint density at radius 1 is 1.21 bits per heavy atom. The predicted octanol–water partition coefficient (Wildman–Crippen LogP) is 3.17. The molecule has 4 rings (SSSR count). The third-order valence-electron chi connectivity index (χ3n) is 6.00. The molecule has 0 spiro atoms. The molecule has 1 saturated carbocycles. The van der Waals surface area contributed by atoms with Crippen molar-refractivity contribution in [2.24, 2.45) is 10.7 Å². The Balaban J connectivity index is 1.82.